The van der Waals surface area contributed by atoms with E-state index in [4.69, 9.17) is 21.1 Å². The normalized spacial score (nSPS) is 16.1. The van der Waals surface area contributed by atoms with Gasteiger partial charge in [-0.2, -0.15) is 0 Å². The van der Waals surface area contributed by atoms with Crippen LogP contribution in [0.4, 0.5) is 0 Å². The number of ether oxygens (including phenoxy) is 2. The fraction of sp³-hybridized carbons (Fsp3) is 0.562. The second-order valence-corrected chi connectivity index (χ2v) is 5.29. The van der Waals surface area contributed by atoms with Crippen molar-refractivity contribution >= 4 is 11.6 Å². The molecule has 0 N–H and O–H groups in total. The molecule has 0 aliphatic carbocycles. The maximum absolute atomic E-state index is 6.31. The summed E-state index contributed by atoms with van der Waals surface area (Å²) in [5.74, 6) is 1.44. The molecule has 0 unspecified atom stereocenters. The van der Waals surface area contributed by atoms with Gasteiger partial charge in [0.25, 0.3) is 0 Å². The predicted octanol–water partition coefficient (Wildman–Crippen LogP) is 3.94. The van der Waals surface area contributed by atoms with E-state index in [1.165, 1.54) is 18.4 Å². The second kappa shape index (κ2) is 7.75. The van der Waals surface area contributed by atoms with Crippen LogP contribution in [0, 0.1) is 6.42 Å². The zero-order valence-corrected chi connectivity index (χ0v) is 13.1. The molecule has 2 rings (SSSR count). The van der Waals surface area contributed by atoms with Crippen LogP contribution in [0.3, 0.4) is 0 Å². The van der Waals surface area contributed by atoms with Gasteiger partial charge in [0.15, 0.2) is 0 Å². The Kier molecular flexibility index (Phi) is 5.99. The smallest absolute Gasteiger partial charge is 0.141 e. The molecule has 0 amide bonds. The molecular weight excluding hydrogens is 274 g/mol. The molecule has 0 spiro atoms. The van der Waals surface area contributed by atoms with Gasteiger partial charge in [-0.3, -0.25) is 4.90 Å². The van der Waals surface area contributed by atoms with E-state index < -0.39 is 0 Å². The summed E-state index contributed by atoms with van der Waals surface area (Å²) in [6.45, 7) is 8.30. The first kappa shape index (κ1) is 15.5. The van der Waals surface area contributed by atoms with Crippen molar-refractivity contribution < 1.29 is 9.47 Å². The van der Waals surface area contributed by atoms with E-state index in [1.54, 1.807) is 0 Å². The van der Waals surface area contributed by atoms with Gasteiger partial charge in [-0.1, -0.05) is 11.6 Å². The fourth-order valence-corrected chi connectivity index (χ4v) is 2.68. The number of piperidine rings is 1. The maximum atomic E-state index is 6.31. The Morgan fingerprint density at radius 3 is 2.10 bits per heavy atom. The summed E-state index contributed by atoms with van der Waals surface area (Å²) in [6, 6.07) is 4.07. The van der Waals surface area contributed by atoms with Gasteiger partial charge < -0.3 is 9.47 Å². The van der Waals surface area contributed by atoms with Crippen LogP contribution in [-0.2, 0) is 6.54 Å². The Hall–Kier alpha value is -0.930. The van der Waals surface area contributed by atoms with Gasteiger partial charge in [0.2, 0.25) is 0 Å². The summed E-state index contributed by atoms with van der Waals surface area (Å²) < 4.78 is 11.2. The highest BCUT2D eigenvalue weighted by Gasteiger charge is 2.15. The third-order valence-corrected chi connectivity index (χ3v) is 3.74. The quantitative estimate of drug-likeness (QED) is 0.794. The van der Waals surface area contributed by atoms with Gasteiger partial charge in [0.05, 0.1) is 13.2 Å². The highest BCUT2D eigenvalue weighted by Crippen LogP contribution is 2.36. The molecule has 1 radical (unpaired) electrons. The largest absolute Gasteiger partial charge is 0.492 e. The van der Waals surface area contributed by atoms with Crippen LogP contribution in [0.1, 0.15) is 32.3 Å². The molecule has 0 bridgehead atoms. The molecule has 1 fully saturated rings. The molecule has 1 aromatic rings. The molecule has 111 valence electrons. The third-order valence-electron chi connectivity index (χ3n) is 3.37. The van der Waals surface area contributed by atoms with Crippen LogP contribution in [-0.4, -0.2) is 31.2 Å². The SMILES string of the molecule is CCOc1cc(CN2CC[CH]CC2)cc(OCC)c1Cl. The zero-order valence-electron chi connectivity index (χ0n) is 12.3. The lowest BCUT2D eigenvalue weighted by Crippen LogP contribution is -2.29. The average Bonchev–Trinajstić information content (AvgIpc) is 2.45. The van der Waals surface area contributed by atoms with E-state index in [2.05, 4.69) is 11.3 Å². The van der Waals surface area contributed by atoms with E-state index in [0.29, 0.717) is 18.2 Å². The number of likely N-dealkylation sites (tertiary alicyclic amines) is 1. The molecule has 1 aliphatic rings. The molecule has 0 atom stereocenters. The molecule has 1 aliphatic heterocycles. The minimum absolute atomic E-state index is 0.574. The Balaban J connectivity index is 2.17. The second-order valence-electron chi connectivity index (χ2n) is 4.91. The van der Waals surface area contributed by atoms with E-state index >= 15 is 0 Å². The predicted molar refractivity (Wildman–Crippen MR) is 82.6 cm³/mol. The molecule has 1 heterocycles. The van der Waals surface area contributed by atoms with Crippen molar-refractivity contribution in [2.24, 2.45) is 0 Å². The fourth-order valence-electron chi connectivity index (χ4n) is 2.46. The lowest BCUT2D eigenvalue weighted by Gasteiger charge is -2.26. The van der Waals surface area contributed by atoms with E-state index in [1.807, 2.05) is 26.0 Å². The van der Waals surface area contributed by atoms with Crippen LogP contribution in [0.15, 0.2) is 12.1 Å². The van der Waals surface area contributed by atoms with Crippen LogP contribution >= 0.6 is 11.6 Å². The highest BCUT2D eigenvalue weighted by molar-refractivity contribution is 6.33. The van der Waals surface area contributed by atoms with Crippen molar-refractivity contribution in [3.63, 3.8) is 0 Å². The molecule has 1 saturated heterocycles. The third kappa shape index (κ3) is 4.03. The minimum Gasteiger partial charge on any atom is -0.492 e. The van der Waals surface area contributed by atoms with Crippen LogP contribution in [0.25, 0.3) is 0 Å². The first-order chi connectivity index (χ1) is 9.74. The summed E-state index contributed by atoms with van der Waals surface area (Å²) >= 11 is 6.31. The Morgan fingerprint density at radius 1 is 1.05 bits per heavy atom. The van der Waals surface area contributed by atoms with E-state index in [9.17, 15) is 0 Å². The zero-order chi connectivity index (χ0) is 14.4. The number of hydrogen-bond acceptors (Lipinski definition) is 3. The van der Waals surface area contributed by atoms with Crippen LogP contribution in [0.5, 0.6) is 11.5 Å². The van der Waals surface area contributed by atoms with Gasteiger partial charge in [0, 0.05) is 6.54 Å². The molecule has 1 aromatic carbocycles. The Labute approximate surface area is 126 Å². The molecule has 4 heteroatoms. The number of benzene rings is 1. The van der Waals surface area contributed by atoms with Crippen molar-refractivity contribution in [1.29, 1.82) is 0 Å². The number of halogens is 1. The minimum atomic E-state index is 0.574. The summed E-state index contributed by atoms with van der Waals surface area (Å²) in [7, 11) is 0. The van der Waals surface area contributed by atoms with Gasteiger partial charge in [-0.15, -0.1) is 0 Å². The summed E-state index contributed by atoms with van der Waals surface area (Å²) in [5, 5.41) is 0.574. The maximum Gasteiger partial charge on any atom is 0.141 e. The topological polar surface area (TPSA) is 21.7 Å². The standard InChI is InChI=1S/C16H23ClNO2/c1-3-19-14-10-13(11-15(16(14)17)20-4-2)12-18-8-6-5-7-9-18/h5,10-11H,3-4,6-9,12H2,1-2H3. The van der Waals surface area contributed by atoms with Gasteiger partial charge in [0.1, 0.15) is 16.5 Å². The first-order valence-corrected chi connectivity index (χ1v) is 7.74. The number of hydrogen-bond donors (Lipinski definition) is 0. The van der Waals surface area contributed by atoms with Crippen molar-refractivity contribution in [2.75, 3.05) is 26.3 Å². The van der Waals surface area contributed by atoms with Crippen LogP contribution in [0.2, 0.25) is 5.02 Å². The Morgan fingerprint density at radius 2 is 1.60 bits per heavy atom. The van der Waals surface area contributed by atoms with Crippen LogP contribution < -0.4 is 9.47 Å². The number of nitrogens with zero attached hydrogens (tertiary/aromatic N) is 1. The summed E-state index contributed by atoms with van der Waals surface area (Å²) in [5.41, 5.74) is 1.20. The highest BCUT2D eigenvalue weighted by atomic mass is 35.5. The van der Waals surface area contributed by atoms with Gasteiger partial charge in [-0.25, -0.2) is 0 Å². The van der Waals surface area contributed by atoms with Crippen molar-refractivity contribution in [3.05, 3.63) is 29.1 Å². The average molecular weight is 297 g/mol. The lowest BCUT2D eigenvalue weighted by atomic mass is 10.1. The van der Waals surface area contributed by atoms with Gasteiger partial charge >= 0.3 is 0 Å². The molecule has 20 heavy (non-hydrogen) atoms. The van der Waals surface area contributed by atoms with Crippen molar-refractivity contribution in [1.82, 2.24) is 4.90 Å². The monoisotopic (exact) mass is 296 g/mol. The number of rotatable bonds is 6. The molecular formula is C16H23ClNO2. The first-order valence-electron chi connectivity index (χ1n) is 7.36. The van der Waals surface area contributed by atoms with E-state index in [0.717, 1.165) is 31.1 Å². The molecule has 0 aromatic heterocycles. The Bertz CT molecular complexity index is 403. The summed E-state index contributed by atoms with van der Waals surface area (Å²) in [6.07, 6.45) is 4.70. The van der Waals surface area contributed by atoms with Crippen molar-refractivity contribution in [2.45, 2.75) is 33.2 Å². The van der Waals surface area contributed by atoms with Crippen molar-refractivity contribution in [3.8, 4) is 11.5 Å². The summed E-state index contributed by atoms with van der Waals surface area (Å²) in [4.78, 5) is 2.45. The molecule has 3 nitrogen and oxygen atoms in total. The van der Waals surface area contributed by atoms with Gasteiger partial charge in [-0.05, 0) is 63.9 Å². The van der Waals surface area contributed by atoms with E-state index in [-0.39, 0.29) is 0 Å². The lowest BCUT2D eigenvalue weighted by molar-refractivity contribution is 0.244. The molecule has 0 saturated carbocycles.